The lowest BCUT2D eigenvalue weighted by Crippen LogP contribution is -2.46. The summed E-state index contributed by atoms with van der Waals surface area (Å²) in [6.07, 6.45) is 0. The van der Waals surface area contributed by atoms with Crippen LogP contribution in [0, 0.1) is 6.07 Å². The normalized spacial score (nSPS) is 17.9. The van der Waals surface area contributed by atoms with Gasteiger partial charge in [-0.15, -0.1) is 0 Å². The molecule has 1 fully saturated rings. The molecular weight excluding hydrogens is 224 g/mol. The Bertz CT molecular complexity index is 390. The highest BCUT2D eigenvalue weighted by molar-refractivity contribution is 7.72. The molecule has 1 saturated heterocycles. The first kappa shape index (κ1) is 11.4. The van der Waals surface area contributed by atoms with Gasteiger partial charge in [0.2, 0.25) is 0 Å². The Hall–Kier alpha value is -1.07. The summed E-state index contributed by atoms with van der Waals surface area (Å²) in [5, 5.41) is 0. The summed E-state index contributed by atoms with van der Waals surface area (Å²) in [6.45, 7) is 3.38. The summed E-state index contributed by atoms with van der Waals surface area (Å²) >= 11 is 0. The zero-order chi connectivity index (χ0) is 11.4. The van der Waals surface area contributed by atoms with Gasteiger partial charge in [-0.25, -0.2) is 8.42 Å². The van der Waals surface area contributed by atoms with Gasteiger partial charge >= 0.3 is 0 Å². The monoisotopic (exact) mass is 239 g/mol. The summed E-state index contributed by atoms with van der Waals surface area (Å²) in [7, 11) is -2.29. The second-order valence-corrected chi connectivity index (χ2v) is 4.79. The van der Waals surface area contributed by atoms with Crippen LogP contribution in [0.1, 0.15) is 0 Å². The molecule has 1 radical (unpaired) electrons. The molecule has 0 aliphatic carbocycles. The van der Waals surface area contributed by atoms with E-state index in [0.717, 1.165) is 26.2 Å². The molecule has 1 aliphatic heterocycles. The van der Waals surface area contributed by atoms with E-state index in [1.54, 1.807) is 0 Å². The third-order valence-electron chi connectivity index (χ3n) is 2.75. The first-order valence-electron chi connectivity index (χ1n) is 5.31. The molecule has 0 bridgehead atoms. The van der Waals surface area contributed by atoms with Gasteiger partial charge in [-0.2, -0.15) is 0 Å². The van der Waals surface area contributed by atoms with Crippen molar-refractivity contribution >= 4 is 16.4 Å². The lowest BCUT2D eigenvalue weighted by molar-refractivity contribution is 0.296. The van der Waals surface area contributed by atoms with Crippen molar-refractivity contribution in [3.8, 4) is 0 Å². The van der Waals surface area contributed by atoms with E-state index in [2.05, 4.69) is 11.0 Å². The number of piperazine rings is 1. The fourth-order valence-electron chi connectivity index (χ4n) is 1.90. The summed E-state index contributed by atoms with van der Waals surface area (Å²) < 4.78 is 21.2. The molecule has 16 heavy (non-hydrogen) atoms. The molecule has 1 aromatic rings. The van der Waals surface area contributed by atoms with Gasteiger partial charge in [0.25, 0.3) is 0 Å². The van der Waals surface area contributed by atoms with E-state index in [9.17, 15) is 8.42 Å². The van der Waals surface area contributed by atoms with E-state index in [0.29, 0.717) is 0 Å². The van der Waals surface area contributed by atoms with Gasteiger partial charge in [-0.3, -0.25) is 4.90 Å². The van der Waals surface area contributed by atoms with Gasteiger partial charge in [-0.05, 0) is 18.2 Å². The molecule has 0 N–H and O–H groups in total. The van der Waals surface area contributed by atoms with Crippen LogP contribution in [0.15, 0.2) is 24.3 Å². The number of benzene rings is 1. The topological polar surface area (TPSA) is 40.6 Å². The van der Waals surface area contributed by atoms with E-state index in [-0.39, 0.29) is 5.88 Å². The van der Waals surface area contributed by atoms with Crippen molar-refractivity contribution < 1.29 is 8.42 Å². The van der Waals surface area contributed by atoms with Crippen molar-refractivity contribution in [1.82, 2.24) is 4.90 Å². The predicted molar refractivity (Wildman–Crippen MR) is 64.2 cm³/mol. The number of hydrogen-bond acceptors (Lipinski definition) is 4. The minimum Gasteiger partial charge on any atom is -0.369 e. The maximum absolute atomic E-state index is 10.6. The zero-order valence-corrected chi connectivity index (χ0v) is 9.90. The van der Waals surface area contributed by atoms with E-state index in [1.165, 1.54) is 5.69 Å². The second kappa shape index (κ2) is 5.32. The van der Waals surface area contributed by atoms with Crippen LogP contribution in [0.3, 0.4) is 0 Å². The predicted octanol–water partition coefficient (Wildman–Crippen LogP) is 0.178. The van der Waals surface area contributed by atoms with Crippen LogP contribution in [0.5, 0.6) is 0 Å². The molecule has 87 valence electrons. The third-order valence-corrected chi connectivity index (χ3v) is 3.38. The Morgan fingerprint density at radius 3 is 2.31 bits per heavy atom. The molecule has 0 spiro atoms. The Morgan fingerprint density at radius 2 is 1.75 bits per heavy atom. The minimum absolute atomic E-state index is 0.186. The van der Waals surface area contributed by atoms with Gasteiger partial charge in [0, 0.05) is 31.9 Å². The standard InChI is InChI=1S/C11H15N2O2S/c14-16(15)10-12-6-8-13(9-7-12)11-4-2-1-3-5-11/h2-5,16H,6-10H2. The molecular formula is C11H15N2O2S. The highest BCUT2D eigenvalue weighted by Gasteiger charge is 2.16. The molecule has 0 aromatic heterocycles. The minimum atomic E-state index is -2.29. The summed E-state index contributed by atoms with van der Waals surface area (Å²) in [5.74, 6) is 0.186. The fourth-order valence-corrected chi connectivity index (χ4v) is 2.51. The summed E-state index contributed by atoms with van der Waals surface area (Å²) in [6, 6.07) is 10.9. The maximum atomic E-state index is 10.6. The SMILES string of the molecule is O=[SH](=O)CN1CCN(c2cc[c]cc2)CC1. The Labute approximate surface area is 97.4 Å². The first-order chi connectivity index (χ1) is 7.75. The lowest BCUT2D eigenvalue weighted by atomic mass is 10.2. The number of nitrogens with zero attached hydrogens (tertiary/aromatic N) is 2. The number of thiol groups is 1. The van der Waals surface area contributed by atoms with Crippen LogP contribution in [-0.4, -0.2) is 45.4 Å². The van der Waals surface area contributed by atoms with E-state index >= 15 is 0 Å². The molecule has 0 unspecified atom stereocenters. The number of rotatable bonds is 3. The Kier molecular flexibility index (Phi) is 3.79. The van der Waals surface area contributed by atoms with Gasteiger partial charge < -0.3 is 4.90 Å². The average Bonchev–Trinajstić information content (AvgIpc) is 2.30. The fraction of sp³-hybridized carbons (Fsp3) is 0.455. The van der Waals surface area contributed by atoms with Crippen LogP contribution in [-0.2, 0) is 10.7 Å². The maximum Gasteiger partial charge on any atom is 0.153 e. The van der Waals surface area contributed by atoms with Gasteiger partial charge in [-0.1, -0.05) is 12.1 Å². The molecule has 0 saturated carbocycles. The molecule has 0 amide bonds. The quantitative estimate of drug-likeness (QED) is 0.764. The molecule has 2 rings (SSSR count). The molecule has 4 nitrogen and oxygen atoms in total. The van der Waals surface area contributed by atoms with Crippen molar-refractivity contribution in [3.05, 3.63) is 30.3 Å². The second-order valence-electron chi connectivity index (χ2n) is 3.84. The third kappa shape index (κ3) is 2.96. The highest BCUT2D eigenvalue weighted by atomic mass is 32.2. The van der Waals surface area contributed by atoms with E-state index in [4.69, 9.17) is 0 Å². The zero-order valence-electron chi connectivity index (χ0n) is 9.00. The van der Waals surface area contributed by atoms with E-state index < -0.39 is 10.7 Å². The largest absolute Gasteiger partial charge is 0.369 e. The number of hydrogen-bond donors (Lipinski definition) is 1. The van der Waals surface area contributed by atoms with Crippen molar-refractivity contribution in [1.29, 1.82) is 0 Å². The van der Waals surface area contributed by atoms with Crippen LogP contribution >= 0.6 is 0 Å². The van der Waals surface area contributed by atoms with Gasteiger partial charge in [0.05, 0.1) is 5.88 Å². The van der Waals surface area contributed by atoms with Crippen molar-refractivity contribution in [2.45, 2.75) is 0 Å². The molecule has 5 heteroatoms. The van der Waals surface area contributed by atoms with Crippen LogP contribution in [0.25, 0.3) is 0 Å². The number of anilines is 1. The first-order valence-corrected chi connectivity index (χ1v) is 6.67. The van der Waals surface area contributed by atoms with Gasteiger partial charge in [0.1, 0.15) is 0 Å². The van der Waals surface area contributed by atoms with Gasteiger partial charge in [0.15, 0.2) is 10.7 Å². The summed E-state index contributed by atoms with van der Waals surface area (Å²) in [4.78, 5) is 4.24. The van der Waals surface area contributed by atoms with Crippen LogP contribution in [0.4, 0.5) is 5.69 Å². The van der Waals surface area contributed by atoms with E-state index in [1.807, 2.05) is 29.2 Å². The Morgan fingerprint density at radius 1 is 1.12 bits per heavy atom. The highest BCUT2D eigenvalue weighted by Crippen LogP contribution is 2.14. The van der Waals surface area contributed by atoms with Crippen molar-refractivity contribution in [2.24, 2.45) is 0 Å². The van der Waals surface area contributed by atoms with Crippen molar-refractivity contribution in [3.63, 3.8) is 0 Å². The summed E-state index contributed by atoms with van der Waals surface area (Å²) in [5.41, 5.74) is 1.19. The smallest absolute Gasteiger partial charge is 0.153 e. The molecule has 1 aromatic carbocycles. The Balaban J connectivity index is 1.90. The molecule has 0 atom stereocenters. The van der Waals surface area contributed by atoms with Crippen molar-refractivity contribution in [2.75, 3.05) is 37.0 Å². The molecule has 1 aliphatic rings. The van der Waals surface area contributed by atoms with Crippen LogP contribution < -0.4 is 4.90 Å². The molecule has 1 heterocycles. The average molecular weight is 239 g/mol. The lowest BCUT2D eigenvalue weighted by Gasteiger charge is -2.35. The van der Waals surface area contributed by atoms with Crippen LogP contribution in [0.2, 0.25) is 0 Å².